The first kappa shape index (κ1) is 15.0. The maximum Gasteiger partial charge on any atom is 0.267 e. The van der Waals surface area contributed by atoms with Crippen molar-refractivity contribution in [1.82, 2.24) is 0 Å². The van der Waals surface area contributed by atoms with E-state index in [-0.39, 0.29) is 11.5 Å². The summed E-state index contributed by atoms with van der Waals surface area (Å²) in [6.45, 7) is 1.68. The smallest absolute Gasteiger partial charge is 0.267 e. The van der Waals surface area contributed by atoms with Gasteiger partial charge < -0.3 is 15.0 Å². The van der Waals surface area contributed by atoms with Gasteiger partial charge in [0.1, 0.15) is 11.6 Å². The van der Waals surface area contributed by atoms with Gasteiger partial charge in [0.2, 0.25) is 0 Å². The van der Waals surface area contributed by atoms with E-state index in [0.29, 0.717) is 17.1 Å². The molecule has 1 aliphatic heterocycles. The number of carbonyl (C=O) groups is 2. The van der Waals surface area contributed by atoms with Crippen molar-refractivity contribution in [3.05, 3.63) is 53.8 Å². The van der Waals surface area contributed by atoms with Crippen LogP contribution in [0.2, 0.25) is 0 Å². The van der Waals surface area contributed by atoms with E-state index in [1.807, 2.05) is 0 Å². The molecule has 0 radical (unpaired) electrons. The Morgan fingerprint density at radius 3 is 2.74 bits per heavy atom. The van der Waals surface area contributed by atoms with Crippen LogP contribution in [0.1, 0.15) is 17.3 Å². The maximum absolute atomic E-state index is 13.6. The zero-order valence-electron chi connectivity index (χ0n) is 12.7. The zero-order valence-corrected chi connectivity index (χ0v) is 12.7. The molecule has 2 aromatic rings. The molecule has 0 fully saturated rings. The monoisotopic (exact) mass is 314 g/mol. The van der Waals surface area contributed by atoms with Gasteiger partial charge in [-0.25, -0.2) is 4.39 Å². The summed E-state index contributed by atoms with van der Waals surface area (Å²) in [6, 6.07) is 10.7. The Hall–Kier alpha value is -2.89. The molecule has 5 nitrogen and oxygen atoms in total. The number of anilines is 2. The van der Waals surface area contributed by atoms with Crippen LogP contribution < -0.4 is 15.0 Å². The van der Waals surface area contributed by atoms with Crippen LogP contribution in [0.25, 0.3) is 0 Å². The Morgan fingerprint density at radius 2 is 2.00 bits per heavy atom. The molecule has 0 aliphatic carbocycles. The summed E-state index contributed by atoms with van der Waals surface area (Å²) < 4.78 is 19.2. The van der Waals surface area contributed by atoms with E-state index < -0.39 is 17.8 Å². The lowest BCUT2D eigenvalue weighted by atomic mass is 10.1. The fourth-order valence-corrected chi connectivity index (χ4v) is 2.43. The molecule has 1 N–H and O–H groups in total. The number of nitrogens with zero attached hydrogens (tertiary/aromatic N) is 1. The summed E-state index contributed by atoms with van der Waals surface area (Å²) in [5.41, 5.74) is 0.966. The number of ether oxygens (including phenoxy) is 1. The number of nitrogens with one attached hydrogen (secondary N) is 1. The first-order valence-corrected chi connectivity index (χ1v) is 7.11. The fraction of sp³-hybridized carbons (Fsp3) is 0.176. The summed E-state index contributed by atoms with van der Waals surface area (Å²) in [5.74, 6) is -0.756. The first-order chi connectivity index (χ1) is 11.0. The minimum Gasteiger partial charge on any atom is -0.479 e. The molecule has 23 heavy (non-hydrogen) atoms. The molecule has 0 saturated heterocycles. The minimum atomic E-state index is -0.590. The highest BCUT2D eigenvalue weighted by molar-refractivity contribution is 6.05. The molecule has 1 aliphatic rings. The highest BCUT2D eigenvalue weighted by Crippen LogP contribution is 2.35. The molecule has 2 amide bonds. The molecule has 6 heteroatoms. The molecule has 0 bridgehead atoms. The lowest BCUT2D eigenvalue weighted by Crippen LogP contribution is -2.41. The Morgan fingerprint density at radius 1 is 1.26 bits per heavy atom. The van der Waals surface area contributed by atoms with Gasteiger partial charge in [-0.2, -0.15) is 0 Å². The number of hydrogen-bond acceptors (Lipinski definition) is 3. The molecular weight excluding hydrogens is 299 g/mol. The van der Waals surface area contributed by atoms with E-state index in [4.69, 9.17) is 4.74 Å². The first-order valence-electron chi connectivity index (χ1n) is 7.11. The van der Waals surface area contributed by atoms with Crippen molar-refractivity contribution >= 4 is 23.2 Å². The summed E-state index contributed by atoms with van der Waals surface area (Å²) in [4.78, 5) is 25.6. The summed E-state index contributed by atoms with van der Waals surface area (Å²) in [7, 11) is 1.64. The van der Waals surface area contributed by atoms with E-state index in [1.54, 1.807) is 38.2 Å². The third-order valence-electron chi connectivity index (χ3n) is 3.68. The molecule has 1 atom stereocenters. The summed E-state index contributed by atoms with van der Waals surface area (Å²) in [6.07, 6.45) is -0.550. The van der Waals surface area contributed by atoms with Crippen molar-refractivity contribution in [1.29, 1.82) is 0 Å². The van der Waals surface area contributed by atoms with Crippen molar-refractivity contribution < 1.29 is 18.7 Å². The van der Waals surface area contributed by atoms with Gasteiger partial charge in [-0.1, -0.05) is 12.1 Å². The number of rotatable bonds is 2. The maximum atomic E-state index is 13.6. The van der Waals surface area contributed by atoms with Crippen molar-refractivity contribution in [3.8, 4) is 5.75 Å². The van der Waals surface area contributed by atoms with Crippen molar-refractivity contribution in [2.75, 3.05) is 17.3 Å². The van der Waals surface area contributed by atoms with E-state index in [1.165, 1.54) is 23.1 Å². The standard InChI is InChI=1S/C17H15FN2O3/c1-10-17(22)20(2)14-9-11(7-8-15(14)23-10)19-16(21)12-5-3-4-6-13(12)18/h3-10H,1-2H3,(H,19,21)/t10-/m1/s1. The zero-order chi connectivity index (χ0) is 16.6. The van der Waals surface area contributed by atoms with Gasteiger partial charge in [0.25, 0.3) is 11.8 Å². The molecule has 118 valence electrons. The average Bonchev–Trinajstić information content (AvgIpc) is 2.54. The summed E-state index contributed by atoms with van der Waals surface area (Å²) in [5, 5.41) is 2.62. The van der Waals surface area contributed by atoms with E-state index in [2.05, 4.69) is 5.32 Å². The Bertz CT molecular complexity index is 791. The molecular formula is C17H15FN2O3. The molecule has 0 saturated carbocycles. The van der Waals surface area contributed by atoms with Crippen molar-refractivity contribution in [3.63, 3.8) is 0 Å². The van der Waals surface area contributed by atoms with Crippen LogP contribution in [-0.2, 0) is 4.79 Å². The van der Waals surface area contributed by atoms with Crippen LogP contribution in [0.15, 0.2) is 42.5 Å². The van der Waals surface area contributed by atoms with E-state index in [0.717, 1.165) is 0 Å². The van der Waals surface area contributed by atoms with Gasteiger partial charge >= 0.3 is 0 Å². The van der Waals surface area contributed by atoms with Gasteiger partial charge in [0.15, 0.2) is 6.10 Å². The van der Waals surface area contributed by atoms with Crippen LogP contribution in [0.5, 0.6) is 5.75 Å². The molecule has 2 aromatic carbocycles. The largest absolute Gasteiger partial charge is 0.479 e. The van der Waals surface area contributed by atoms with Gasteiger partial charge in [-0.3, -0.25) is 9.59 Å². The molecule has 0 unspecified atom stereocenters. The fourth-order valence-electron chi connectivity index (χ4n) is 2.43. The van der Waals surface area contributed by atoms with Gasteiger partial charge in [-0.05, 0) is 37.3 Å². The van der Waals surface area contributed by atoms with E-state index >= 15 is 0 Å². The highest BCUT2D eigenvalue weighted by Gasteiger charge is 2.29. The van der Waals surface area contributed by atoms with Crippen molar-refractivity contribution in [2.24, 2.45) is 0 Å². The number of halogens is 1. The molecule has 0 aromatic heterocycles. The number of benzene rings is 2. The molecule has 0 spiro atoms. The van der Waals surface area contributed by atoms with E-state index in [9.17, 15) is 14.0 Å². The average molecular weight is 314 g/mol. The number of fused-ring (bicyclic) bond motifs is 1. The van der Waals surface area contributed by atoms with Crippen LogP contribution >= 0.6 is 0 Å². The predicted octanol–water partition coefficient (Wildman–Crippen LogP) is 2.82. The van der Waals surface area contributed by atoms with Crippen LogP contribution in [0.4, 0.5) is 15.8 Å². The van der Waals surface area contributed by atoms with Crippen molar-refractivity contribution in [2.45, 2.75) is 13.0 Å². The second-order valence-corrected chi connectivity index (χ2v) is 5.27. The number of amides is 2. The molecule has 3 rings (SSSR count). The number of likely N-dealkylation sites (N-methyl/N-ethyl adjacent to an activating group) is 1. The Labute approximate surface area is 132 Å². The lowest BCUT2D eigenvalue weighted by molar-refractivity contribution is -0.125. The Kier molecular flexibility index (Phi) is 3.73. The van der Waals surface area contributed by atoms with Crippen LogP contribution in [0.3, 0.4) is 0 Å². The van der Waals surface area contributed by atoms with Gasteiger partial charge in [0.05, 0.1) is 11.3 Å². The Balaban J connectivity index is 1.87. The number of hydrogen-bond donors (Lipinski definition) is 1. The minimum absolute atomic E-state index is 0.0421. The van der Waals surface area contributed by atoms with Gasteiger partial charge in [-0.15, -0.1) is 0 Å². The third-order valence-corrected chi connectivity index (χ3v) is 3.68. The predicted molar refractivity (Wildman–Crippen MR) is 84.3 cm³/mol. The lowest BCUT2D eigenvalue weighted by Gasteiger charge is -2.30. The summed E-state index contributed by atoms with van der Waals surface area (Å²) >= 11 is 0. The normalized spacial score (nSPS) is 16.6. The van der Waals surface area contributed by atoms with Gasteiger partial charge in [0, 0.05) is 12.7 Å². The van der Waals surface area contributed by atoms with Crippen LogP contribution in [-0.4, -0.2) is 25.0 Å². The number of carbonyl (C=O) groups excluding carboxylic acids is 2. The van der Waals surface area contributed by atoms with Crippen LogP contribution in [0, 0.1) is 5.82 Å². The third kappa shape index (κ3) is 2.75. The SMILES string of the molecule is C[C@H]1Oc2ccc(NC(=O)c3ccccc3F)cc2N(C)C1=O. The highest BCUT2D eigenvalue weighted by atomic mass is 19.1. The second kappa shape index (κ2) is 5.72. The second-order valence-electron chi connectivity index (χ2n) is 5.27. The molecule has 1 heterocycles. The quantitative estimate of drug-likeness (QED) is 0.927. The topological polar surface area (TPSA) is 58.6 Å².